The number of fused-ring (bicyclic) bond motifs is 3. The lowest BCUT2D eigenvalue weighted by Gasteiger charge is -2.28. The number of carbonyl (C=O) groups is 2. The second kappa shape index (κ2) is 12.6. The third-order valence-electron chi connectivity index (χ3n) is 7.52. The number of para-hydroxylation sites is 1. The molecule has 2 aromatic carbocycles. The molecule has 248 valence electrons. The Balaban J connectivity index is 0.000000519. The van der Waals surface area contributed by atoms with Gasteiger partial charge in [0.2, 0.25) is 0 Å². The number of nitrogens with one attached hydrogen (secondary N) is 1. The Kier molecular flexibility index (Phi) is 8.48. The van der Waals surface area contributed by atoms with Gasteiger partial charge in [-0.1, -0.05) is 30.3 Å². The number of carbonyl (C=O) groups excluding carboxylic acids is 1. The molecule has 2 amide bonds. The van der Waals surface area contributed by atoms with E-state index < -0.39 is 28.2 Å². The van der Waals surface area contributed by atoms with Gasteiger partial charge in [-0.3, -0.25) is 9.30 Å². The summed E-state index contributed by atoms with van der Waals surface area (Å²) in [5.41, 5.74) is 4.64. The fraction of sp³-hybridized carbons (Fsp3) is 0.194. The number of halogens is 3. The second-order valence-electron chi connectivity index (χ2n) is 10.6. The number of hydrogen-bond acceptors (Lipinski definition) is 9. The summed E-state index contributed by atoms with van der Waals surface area (Å²) in [7, 11) is -2.48. The number of pyridine rings is 1. The van der Waals surface area contributed by atoms with Gasteiger partial charge < -0.3 is 14.7 Å². The van der Waals surface area contributed by atoms with E-state index in [9.17, 15) is 26.4 Å². The maximum absolute atomic E-state index is 12.8. The third kappa shape index (κ3) is 6.50. The normalized spacial score (nSPS) is 16.0. The topological polar surface area (TPSA) is 159 Å². The van der Waals surface area contributed by atoms with E-state index >= 15 is 0 Å². The number of carboxylic acid groups (broad SMARTS) is 1. The zero-order chi connectivity index (χ0) is 34.2. The molecule has 2 aliphatic rings. The SMILES string of the molecule is CN1C(=O)NS(=O)(=O)c2cc(-c3cnc(N4CCOCC4)c4nc(C=Cc5ccc6ccccc6n5)cn34)ccc21.O=C(O)C(F)(F)F. The van der Waals surface area contributed by atoms with Gasteiger partial charge in [0.1, 0.15) is 4.90 Å². The number of carboxylic acids is 1. The molecule has 0 bridgehead atoms. The zero-order valence-electron chi connectivity index (χ0n) is 25.0. The van der Waals surface area contributed by atoms with Crippen molar-refractivity contribution in [1.29, 1.82) is 0 Å². The Morgan fingerprint density at radius 3 is 2.46 bits per heavy atom. The number of sulfonamides is 1. The van der Waals surface area contributed by atoms with Crippen molar-refractivity contribution >= 4 is 62.2 Å². The number of aliphatic carboxylic acids is 1. The average Bonchev–Trinajstić information content (AvgIpc) is 3.50. The summed E-state index contributed by atoms with van der Waals surface area (Å²) in [4.78, 5) is 38.8. The van der Waals surface area contributed by atoms with Crippen molar-refractivity contribution in [3.63, 3.8) is 0 Å². The second-order valence-corrected chi connectivity index (χ2v) is 12.3. The molecule has 17 heteroatoms. The van der Waals surface area contributed by atoms with Crippen LogP contribution >= 0.6 is 0 Å². The molecule has 0 unspecified atom stereocenters. The molecule has 7 rings (SSSR count). The highest BCUT2D eigenvalue weighted by Gasteiger charge is 2.38. The number of nitrogens with zero attached hydrogens (tertiary/aromatic N) is 6. The minimum atomic E-state index is -5.08. The van der Waals surface area contributed by atoms with Crippen LogP contribution in [0.25, 0.3) is 40.0 Å². The molecule has 1 fully saturated rings. The molecule has 3 aromatic heterocycles. The smallest absolute Gasteiger partial charge is 0.475 e. The highest BCUT2D eigenvalue weighted by atomic mass is 32.2. The van der Waals surface area contributed by atoms with E-state index in [0.29, 0.717) is 54.6 Å². The third-order valence-corrected chi connectivity index (χ3v) is 8.87. The van der Waals surface area contributed by atoms with Crippen molar-refractivity contribution < 1.29 is 41.0 Å². The van der Waals surface area contributed by atoms with Crippen molar-refractivity contribution in [3.8, 4) is 11.3 Å². The van der Waals surface area contributed by atoms with Crippen LogP contribution in [0.4, 0.5) is 29.5 Å². The van der Waals surface area contributed by atoms with E-state index in [1.54, 1.807) is 24.4 Å². The van der Waals surface area contributed by atoms with Crippen molar-refractivity contribution in [2.75, 3.05) is 43.2 Å². The van der Waals surface area contributed by atoms with Gasteiger partial charge in [-0.2, -0.15) is 13.2 Å². The van der Waals surface area contributed by atoms with Crippen LogP contribution in [0.15, 0.2) is 71.9 Å². The number of aromatic nitrogens is 4. The Morgan fingerprint density at radius 1 is 1.02 bits per heavy atom. The Bertz CT molecular complexity index is 2200. The fourth-order valence-electron chi connectivity index (χ4n) is 5.13. The highest BCUT2D eigenvalue weighted by molar-refractivity contribution is 7.90. The average molecular weight is 682 g/mol. The fourth-order valence-corrected chi connectivity index (χ4v) is 6.37. The summed E-state index contributed by atoms with van der Waals surface area (Å²) < 4.78 is 66.9. The lowest BCUT2D eigenvalue weighted by Crippen LogP contribution is -2.45. The molecule has 48 heavy (non-hydrogen) atoms. The van der Waals surface area contributed by atoms with E-state index in [0.717, 1.165) is 22.4 Å². The molecule has 2 N–H and O–H groups in total. The number of rotatable bonds is 4. The Labute approximate surface area is 271 Å². The molecule has 5 aromatic rings. The molecule has 0 aliphatic carbocycles. The lowest BCUT2D eigenvalue weighted by molar-refractivity contribution is -0.192. The first-order chi connectivity index (χ1) is 22.8. The van der Waals surface area contributed by atoms with Crippen LogP contribution in [-0.4, -0.2) is 84.4 Å². The molecule has 1 saturated heterocycles. The zero-order valence-corrected chi connectivity index (χ0v) is 25.9. The van der Waals surface area contributed by atoms with Crippen LogP contribution in [0.3, 0.4) is 0 Å². The van der Waals surface area contributed by atoms with Crippen molar-refractivity contribution in [2.45, 2.75) is 11.1 Å². The predicted molar refractivity (Wildman–Crippen MR) is 170 cm³/mol. The molecular formula is C31H26F3N7O6S. The number of alkyl halides is 3. The molecule has 0 spiro atoms. The molecule has 0 radical (unpaired) electrons. The van der Waals surface area contributed by atoms with Crippen molar-refractivity contribution in [1.82, 2.24) is 24.1 Å². The quantitative estimate of drug-likeness (QED) is 0.278. The van der Waals surface area contributed by atoms with E-state index in [1.807, 2.05) is 59.1 Å². The van der Waals surface area contributed by atoms with E-state index in [1.165, 1.54) is 11.9 Å². The van der Waals surface area contributed by atoms with Gasteiger partial charge >= 0.3 is 18.2 Å². The first kappa shape index (κ1) is 32.4. The number of amides is 2. The molecule has 13 nitrogen and oxygen atoms in total. The summed E-state index contributed by atoms with van der Waals surface area (Å²) in [6.45, 7) is 2.56. The number of anilines is 2. The van der Waals surface area contributed by atoms with E-state index in [2.05, 4.69) is 9.62 Å². The van der Waals surface area contributed by atoms with Crippen LogP contribution < -0.4 is 14.5 Å². The highest BCUT2D eigenvalue weighted by Crippen LogP contribution is 2.34. The number of benzene rings is 2. The lowest BCUT2D eigenvalue weighted by atomic mass is 10.1. The standard InChI is InChI=1S/C29H25N7O4S.C2HF3O2/c1-34-24-11-7-20(16-26(24)41(38,39)33-29(34)37)25-17-30-27(35-12-14-40-15-13-35)28-32-22(18-36(25)28)10-9-21-8-6-19-4-2-3-5-23(19)31-21;3-2(4,5)1(6)7/h2-11,16-18H,12-15H2,1H3,(H,33,37);(H,6,7). The number of urea groups is 1. The molecule has 2 aliphatic heterocycles. The molecular weight excluding hydrogens is 655 g/mol. The van der Waals surface area contributed by atoms with Gasteiger partial charge in [0.25, 0.3) is 10.0 Å². The van der Waals surface area contributed by atoms with E-state index in [-0.39, 0.29) is 4.90 Å². The first-order valence-corrected chi connectivity index (χ1v) is 15.8. The summed E-state index contributed by atoms with van der Waals surface area (Å²) in [6.07, 6.45) is 2.35. The van der Waals surface area contributed by atoms with Crippen molar-refractivity contribution in [2.24, 2.45) is 0 Å². The van der Waals surface area contributed by atoms with Gasteiger partial charge in [0.05, 0.1) is 47.7 Å². The van der Waals surface area contributed by atoms with Crippen molar-refractivity contribution in [3.05, 3.63) is 78.4 Å². The largest absolute Gasteiger partial charge is 0.490 e. The van der Waals surface area contributed by atoms with Gasteiger partial charge in [-0.05, 0) is 36.4 Å². The Hall–Kier alpha value is -5.55. The monoisotopic (exact) mass is 681 g/mol. The van der Waals surface area contributed by atoms with Gasteiger partial charge in [-0.25, -0.2) is 37.7 Å². The minimum absolute atomic E-state index is 0.0186. The van der Waals surface area contributed by atoms with Gasteiger partial charge in [0, 0.05) is 37.3 Å². The summed E-state index contributed by atoms with van der Waals surface area (Å²) in [5.74, 6) is -2.04. The maximum Gasteiger partial charge on any atom is 0.490 e. The number of ether oxygens (including phenoxy) is 1. The Morgan fingerprint density at radius 2 is 1.73 bits per heavy atom. The number of hydrogen-bond donors (Lipinski definition) is 2. The van der Waals surface area contributed by atoms with Crippen LogP contribution in [0, 0.1) is 0 Å². The summed E-state index contributed by atoms with van der Waals surface area (Å²) >= 11 is 0. The minimum Gasteiger partial charge on any atom is -0.475 e. The van der Waals surface area contributed by atoms with Gasteiger partial charge in [-0.15, -0.1) is 0 Å². The molecule has 5 heterocycles. The number of morpholine rings is 1. The van der Waals surface area contributed by atoms with Crippen LogP contribution in [-0.2, 0) is 19.6 Å². The number of imidazole rings is 1. The summed E-state index contributed by atoms with van der Waals surface area (Å²) in [5, 5.41) is 8.20. The van der Waals surface area contributed by atoms with Crippen LogP contribution in [0.2, 0.25) is 0 Å². The van der Waals surface area contributed by atoms with Gasteiger partial charge in [0.15, 0.2) is 11.5 Å². The van der Waals surface area contributed by atoms with Crippen LogP contribution in [0.1, 0.15) is 11.4 Å². The molecule has 0 saturated carbocycles. The van der Waals surface area contributed by atoms with Crippen LogP contribution in [0.5, 0.6) is 0 Å². The first-order valence-electron chi connectivity index (χ1n) is 14.3. The van der Waals surface area contributed by atoms with E-state index in [4.69, 9.17) is 29.6 Å². The predicted octanol–water partition coefficient (Wildman–Crippen LogP) is 4.43. The maximum atomic E-state index is 12.8. The molecule has 0 atom stereocenters. The summed E-state index contributed by atoms with van der Waals surface area (Å²) in [6, 6.07) is 16.2.